The van der Waals surface area contributed by atoms with E-state index in [1.807, 2.05) is 0 Å². The van der Waals surface area contributed by atoms with E-state index >= 15 is 0 Å². The summed E-state index contributed by atoms with van der Waals surface area (Å²) in [6.07, 6.45) is 2.52. The first-order valence-corrected chi connectivity index (χ1v) is 8.66. The van der Waals surface area contributed by atoms with Crippen molar-refractivity contribution in [1.82, 2.24) is 15.2 Å². The molecule has 8 nitrogen and oxygen atoms in total. The molecule has 25 heavy (non-hydrogen) atoms. The van der Waals surface area contributed by atoms with E-state index in [1.165, 1.54) is 10.0 Å². The summed E-state index contributed by atoms with van der Waals surface area (Å²) in [6.45, 7) is 6.54. The van der Waals surface area contributed by atoms with E-state index < -0.39 is 0 Å². The highest BCUT2D eigenvalue weighted by Crippen LogP contribution is 2.21. The van der Waals surface area contributed by atoms with Crippen LogP contribution < -0.4 is 0 Å². The van der Waals surface area contributed by atoms with Gasteiger partial charge in [0.1, 0.15) is 11.3 Å². The second-order valence-electron chi connectivity index (χ2n) is 6.01. The number of rotatable bonds is 7. The fourth-order valence-corrected chi connectivity index (χ4v) is 2.91. The Labute approximate surface area is 147 Å². The van der Waals surface area contributed by atoms with Crippen LogP contribution in [0.3, 0.4) is 0 Å². The molecule has 1 fully saturated rings. The molecule has 0 aromatic carbocycles. The topological polar surface area (TPSA) is 93.0 Å². The molecule has 0 spiro atoms. The lowest BCUT2D eigenvalue weighted by Crippen LogP contribution is -2.45. The van der Waals surface area contributed by atoms with Gasteiger partial charge in [-0.25, -0.2) is 5.01 Å². The smallest absolute Gasteiger partial charge is 0.305 e. The van der Waals surface area contributed by atoms with E-state index in [2.05, 4.69) is 5.16 Å². The van der Waals surface area contributed by atoms with Gasteiger partial charge in [0.25, 0.3) is 5.91 Å². The van der Waals surface area contributed by atoms with Crippen molar-refractivity contribution in [2.45, 2.75) is 52.9 Å². The van der Waals surface area contributed by atoms with Crippen LogP contribution in [0.4, 0.5) is 0 Å². The number of aromatic nitrogens is 1. The van der Waals surface area contributed by atoms with Crippen molar-refractivity contribution in [3.63, 3.8) is 0 Å². The fraction of sp³-hybridized carbons (Fsp3) is 0.647. The van der Waals surface area contributed by atoms with E-state index in [0.29, 0.717) is 62.4 Å². The lowest BCUT2D eigenvalue weighted by molar-refractivity contribution is -0.144. The molecule has 2 heterocycles. The first kappa shape index (κ1) is 19.0. The second-order valence-corrected chi connectivity index (χ2v) is 6.01. The zero-order chi connectivity index (χ0) is 18.4. The molecule has 0 saturated carbocycles. The number of ether oxygens (including phenoxy) is 1. The number of aryl methyl sites for hydroxylation is 2. The van der Waals surface area contributed by atoms with E-state index in [0.717, 1.165) is 6.42 Å². The summed E-state index contributed by atoms with van der Waals surface area (Å²) >= 11 is 0. The van der Waals surface area contributed by atoms with Gasteiger partial charge in [0.15, 0.2) is 0 Å². The van der Waals surface area contributed by atoms with Gasteiger partial charge in [0, 0.05) is 25.9 Å². The van der Waals surface area contributed by atoms with Crippen molar-refractivity contribution in [3.8, 4) is 0 Å². The average Bonchev–Trinajstić information content (AvgIpc) is 3.18. The highest BCUT2D eigenvalue weighted by Gasteiger charge is 2.33. The summed E-state index contributed by atoms with van der Waals surface area (Å²) in [4.78, 5) is 36.5. The normalized spacial score (nSPS) is 14.0. The highest BCUT2D eigenvalue weighted by atomic mass is 16.5. The molecule has 8 heteroatoms. The summed E-state index contributed by atoms with van der Waals surface area (Å²) in [5, 5.41) is 6.77. The molecular formula is C17H25N3O5. The molecule has 0 N–H and O–H groups in total. The SMILES string of the molecule is CCOC(=O)CCCCC(=O)N1CCCN1C(=O)c1c(C)noc1C. The van der Waals surface area contributed by atoms with Gasteiger partial charge in [0.2, 0.25) is 5.91 Å². The van der Waals surface area contributed by atoms with Crippen LogP contribution in [0.25, 0.3) is 0 Å². The monoisotopic (exact) mass is 351 g/mol. The molecule has 0 radical (unpaired) electrons. The molecular weight excluding hydrogens is 326 g/mol. The van der Waals surface area contributed by atoms with Gasteiger partial charge in [0.05, 0.1) is 12.3 Å². The van der Waals surface area contributed by atoms with Crippen LogP contribution >= 0.6 is 0 Å². The molecule has 2 amide bonds. The first-order chi connectivity index (χ1) is 12.0. The molecule has 0 bridgehead atoms. The van der Waals surface area contributed by atoms with Crippen molar-refractivity contribution in [3.05, 3.63) is 17.0 Å². The van der Waals surface area contributed by atoms with Crippen molar-refractivity contribution in [2.24, 2.45) is 0 Å². The molecule has 0 unspecified atom stereocenters. The molecule has 1 aromatic rings. The highest BCUT2D eigenvalue weighted by molar-refractivity contribution is 5.97. The largest absolute Gasteiger partial charge is 0.466 e. The van der Waals surface area contributed by atoms with Gasteiger partial charge >= 0.3 is 5.97 Å². The Hall–Kier alpha value is -2.38. The van der Waals surface area contributed by atoms with E-state index in [1.54, 1.807) is 20.8 Å². The molecule has 2 rings (SSSR count). The number of carbonyl (C=O) groups is 3. The Bertz CT molecular complexity index is 621. The van der Waals surface area contributed by atoms with Crippen molar-refractivity contribution >= 4 is 17.8 Å². The summed E-state index contributed by atoms with van der Waals surface area (Å²) in [5.41, 5.74) is 0.943. The number of carbonyl (C=O) groups excluding carboxylic acids is 3. The van der Waals surface area contributed by atoms with Crippen LogP contribution in [-0.2, 0) is 14.3 Å². The van der Waals surface area contributed by atoms with Crippen molar-refractivity contribution in [2.75, 3.05) is 19.7 Å². The van der Waals surface area contributed by atoms with Gasteiger partial charge in [-0.3, -0.25) is 19.4 Å². The van der Waals surface area contributed by atoms with Crippen LogP contribution in [0, 0.1) is 13.8 Å². The molecule has 1 aliphatic heterocycles. The molecule has 0 aliphatic carbocycles. The number of unbranched alkanes of at least 4 members (excludes halogenated alkanes) is 1. The Kier molecular flexibility index (Phi) is 6.55. The number of nitrogens with zero attached hydrogens (tertiary/aromatic N) is 3. The maximum absolute atomic E-state index is 12.7. The minimum absolute atomic E-state index is 0.110. The quantitative estimate of drug-likeness (QED) is 0.551. The number of hydrogen-bond acceptors (Lipinski definition) is 6. The zero-order valence-corrected chi connectivity index (χ0v) is 15.0. The average molecular weight is 351 g/mol. The van der Waals surface area contributed by atoms with Gasteiger partial charge < -0.3 is 9.26 Å². The summed E-state index contributed by atoms with van der Waals surface area (Å²) in [7, 11) is 0. The van der Waals surface area contributed by atoms with Crippen LogP contribution in [0.1, 0.15) is 60.8 Å². The van der Waals surface area contributed by atoms with Crippen LogP contribution in [0.2, 0.25) is 0 Å². The van der Waals surface area contributed by atoms with Gasteiger partial charge in [-0.05, 0) is 40.0 Å². The van der Waals surface area contributed by atoms with Gasteiger partial charge in [-0.15, -0.1) is 0 Å². The Morgan fingerprint density at radius 2 is 1.80 bits per heavy atom. The first-order valence-electron chi connectivity index (χ1n) is 8.66. The van der Waals surface area contributed by atoms with Crippen LogP contribution in [0.5, 0.6) is 0 Å². The zero-order valence-electron chi connectivity index (χ0n) is 15.0. The minimum Gasteiger partial charge on any atom is -0.466 e. The lowest BCUT2D eigenvalue weighted by atomic mass is 10.2. The number of esters is 1. The van der Waals surface area contributed by atoms with Gasteiger partial charge in [-0.1, -0.05) is 5.16 Å². The molecule has 1 aliphatic rings. The third-order valence-electron chi connectivity index (χ3n) is 4.13. The summed E-state index contributed by atoms with van der Waals surface area (Å²) in [5.74, 6) is -0.155. The maximum atomic E-state index is 12.7. The van der Waals surface area contributed by atoms with Gasteiger partial charge in [-0.2, -0.15) is 0 Å². The molecule has 138 valence electrons. The van der Waals surface area contributed by atoms with Crippen molar-refractivity contribution < 1.29 is 23.6 Å². The fourth-order valence-electron chi connectivity index (χ4n) is 2.91. The predicted molar refractivity (Wildman–Crippen MR) is 88.4 cm³/mol. The number of hydrogen-bond donors (Lipinski definition) is 0. The molecule has 1 aromatic heterocycles. The Balaban J connectivity index is 1.89. The lowest BCUT2D eigenvalue weighted by Gasteiger charge is -2.27. The van der Waals surface area contributed by atoms with Crippen LogP contribution in [-0.4, -0.2) is 52.7 Å². The van der Waals surface area contributed by atoms with E-state index in [-0.39, 0.29) is 17.8 Å². The predicted octanol–water partition coefficient (Wildman–Crippen LogP) is 2.00. The van der Waals surface area contributed by atoms with E-state index in [9.17, 15) is 14.4 Å². The molecule has 0 atom stereocenters. The maximum Gasteiger partial charge on any atom is 0.305 e. The van der Waals surface area contributed by atoms with Crippen LogP contribution in [0.15, 0.2) is 4.52 Å². The third-order valence-corrected chi connectivity index (χ3v) is 4.13. The molecule has 1 saturated heterocycles. The Morgan fingerprint density at radius 3 is 2.44 bits per heavy atom. The minimum atomic E-state index is -0.256. The second kappa shape index (κ2) is 8.64. The van der Waals surface area contributed by atoms with E-state index in [4.69, 9.17) is 9.26 Å². The standard InChI is InChI=1S/C17H25N3O5/c1-4-24-15(22)9-6-5-8-14(21)19-10-7-11-20(19)17(23)16-12(2)18-25-13(16)3/h4-11H2,1-3H3. The summed E-state index contributed by atoms with van der Waals surface area (Å²) in [6, 6.07) is 0. The Morgan fingerprint density at radius 1 is 1.12 bits per heavy atom. The van der Waals surface area contributed by atoms with Crippen molar-refractivity contribution in [1.29, 1.82) is 0 Å². The number of amides is 2. The third kappa shape index (κ3) is 4.58. The summed E-state index contributed by atoms with van der Waals surface area (Å²) < 4.78 is 9.91. The number of hydrazine groups is 1.